The summed E-state index contributed by atoms with van der Waals surface area (Å²) in [6.07, 6.45) is -0.567. The van der Waals surface area contributed by atoms with Gasteiger partial charge >= 0.3 is 6.09 Å². The Kier molecular flexibility index (Phi) is 4.15. The number of halogens is 2. The first kappa shape index (κ1) is 13.3. The van der Waals surface area contributed by atoms with Gasteiger partial charge in [0, 0.05) is 0 Å². The number of carbonyl (C=O) groups is 1. The fourth-order valence-corrected chi connectivity index (χ4v) is 1.37. The molecule has 1 aromatic rings. The Morgan fingerprint density at radius 2 is 2.12 bits per heavy atom. The number of anilines is 1. The minimum Gasteiger partial charge on any atom is -0.444 e. The van der Waals surface area contributed by atoms with Crippen LogP contribution in [-0.4, -0.2) is 16.7 Å². The van der Waals surface area contributed by atoms with Crippen molar-refractivity contribution in [1.82, 2.24) is 4.98 Å². The Labute approximate surface area is 107 Å². The van der Waals surface area contributed by atoms with Gasteiger partial charge in [0.05, 0.1) is 4.47 Å². The van der Waals surface area contributed by atoms with E-state index < -0.39 is 11.7 Å². The molecule has 1 N–H and O–H groups in total. The first-order valence-electron chi connectivity index (χ1n) is 4.60. The number of rotatable bonds is 1. The normalized spacial score (nSPS) is 11.1. The van der Waals surface area contributed by atoms with Crippen molar-refractivity contribution in [1.29, 1.82) is 0 Å². The molecule has 1 aromatic heterocycles. The SMILES string of the molecule is CC(C)(C)OC(=O)Nc1nc(Cl)ccc1Br. The molecule has 0 unspecified atom stereocenters. The van der Waals surface area contributed by atoms with E-state index in [-0.39, 0.29) is 0 Å². The number of ether oxygens (including phenoxy) is 1. The van der Waals surface area contributed by atoms with Gasteiger partial charge in [-0.3, -0.25) is 5.32 Å². The summed E-state index contributed by atoms with van der Waals surface area (Å²) in [5.41, 5.74) is -0.546. The van der Waals surface area contributed by atoms with Crippen molar-refractivity contribution in [2.45, 2.75) is 26.4 Å². The maximum Gasteiger partial charge on any atom is 0.413 e. The van der Waals surface area contributed by atoms with Crippen LogP contribution in [0.4, 0.5) is 10.6 Å². The fraction of sp³-hybridized carbons (Fsp3) is 0.400. The zero-order chi connectivity index (χ0) is 12.3. The molecule has 4 nitrogen and oxygen atoms in total. The summed E-state index contributed by atoms with van der Waals surface area (Å²) in [5, 5.41) is 2.80. The van der Waals surface area contributed by atoms with E-state index in [0.717, 1.165) is 0 Å². The van der Waals surface area contributed by atoms with Gasteiger partial charge in [0.15, 0.2) is 5.82 Å². The number of aromatic nitrogens is 1. The van der Waals surface area contributed by atoms with Gasteiger partial charge in [0.25, 0.3) is 0 Å². The van der Waals surface area contributed by atoms with Gasteiger partial charge in [-0.15, -0.1) is 0 Å². The molecule has 0 aliphatic rings. The minimum absolute atomic E-state index is 0.300. The summed E-state index contributed by atoms with van der Waals surface area (Å²) in [6.45, 7) is 5.35. The van der Waals surface area contributed by atoms with Crippen molar-refractivity contribution >= 4 is 39.4 Å². The van der Waals surface area contributed by atoms with Crippen LogP contribution in [0, 0.1) is 0 Å². The monoisotopic (exact) mass is 306 g/mol. The van der Waals surface area contributed by atoms with Gasteiger partial charge < -0.3 is 4.74 Å². The first-order valence-corrected chi connectivity index (χ1v) is 5.77. The Bertz CT molecular complexity index is 404. The number of pyridine rings is 1. The highest BCUT2D eigenvalue weighted by molar-refractivity contribution is 9.10. The summed E-state index contributed by atoms with van der Waals surface area (Å²) in [5.74, 6) is 0.335. The number of hydrogen-bond acceptors (Lipinski definition) is 3. The Hall–Kier alpha value is -0.810. The molecular formula is C10H12BrClN2O2. The second-order valence-electron chi connectivity index (χ2n) is 4.09. The van der Waals surface area contributed by atoms with Crippen LogP contribution in [0.25, 0.3) is 0 Å². The molecule has 0 spiro atoms. The molecular weight excluding hydrogens is 295 g/mol. The largest absolute Gasteiger partial charge is 0.444 e. The maximum absolute atomic E-state index is 11.5. The van der Waals surface area contributed by atoms with E-state index in [0.29, 0.717) is 15.4 Å². The molecule has 1 heterocycles. The lowest BCUT2D eigenvalue weighted by Gasteiger charge is -2.19. The quantitative estimate of drug-likeness (QED) is 0.802. The molecule has 0 aromatic carbocycles. The minimum atomic E-state index is -0.567. The van der Waals surface area contributed by atoms with Crippen molar-refractivity contribution in [3.63, 3.8) is 0 Å². The summed E-state index contributed by atoms with van der Waals surface area (Å²) in [6, 6.07) is 3.31. The second kappa shape index (κ2) is 5.01. The summed E-state index contributed by atoms with van der Waals surface area (Å²) < 4.78 is 5.72. The van der Waals surface area contributed by atoms with Crippen LogP contribution in [0.5, 0.6) is 0 Å². The molecule has 0 bridgehead atoms. The molecule has 0 atom stereocenters. The van der Waals surface area contributed by atoms with Crippen LogP contribution in [0.3, 0.4) is 0 Å². The third kappa shape index (κ3) is 4.37. The predicted molar refractivity (Wildman–Crippen MR) is 66.8 cm³/mol. The Morgan fingerprint density at radius 3 is 2.69 bits per heavy atom. The van der Waals surface area contributed by atoms with E-state index in [2.05, 4.69) is 26.2 Å². The van der Waals surface area contributed by atoms with Crippen LogP contribution in [0.15, 0.2) is 16.6 Å². The fourth-order valence-electron chi connectivity index (χ4n) is 0.906. The van der Waals surface area contributed by atoms with Crippen molar-refractivity contribution < 1.29 is 9.53 Å². The van der Waals surface area contributed by atoms with E-state index in [1.165, 1.54) is 0 Å². The molecule has 1 rings (SSSR count). The standard InChI is InChI=1S/C10H12BrClN2O2/c1-10(2,3)16-9(15)14-8-6(11)4-5-7(12)13-8/h4-5H,1-3H3,(H,13,14,15). The van der Waals surface area contributed by atoms with Gasteiger partial charge in [-0.2, -0.15) is 0 Å². The van der Waals surface area contributed by atoms with E-state index in [4.69, 9.17) is 16.3 Å². The number of hydrogen-bond donors (Lipinski definition) is 1. The molecule has 0 saturated carbocycles. The third-order valence-corrected chi connectivity index (χ3v) is 2.28. The summed E-state index contributed by atoms with van der Waals surface area (Å²) in [4.78, 5) is 15.4. The second-order valence-corrected chi connectivity index (χ2v) is 5.33. The predicted octanol–water partition coefficient (Wildman–Crippen LogP) is 3.84. The Balaban J connectivity index is 2.73. The maximum atomic E-state index is 11.5. The lowest BCUT2D eigenvalue weighted by Crippen LogP contribution is -2.27. The van der Waals surface area contributed by atoms with Crippen LogP contribution in [-0.2, 0) is 4.74 Å². The topological polar surface area (TPSA) is 51.2 Å². The van der Waals surface area contributed by atoms with Gasteiger partial charge in [0.2, 0.25) is 0 Å². The van der Waals surface area contributed by atoms with Crippen molar-refractivity contribution in [3.05, 3.63) is 21.8 Å². The highest BCUT2D eigenvalue weighted by Gasteiger charge is 2.17. The van der Waals surface area contributed by atoms with Gasteiger partial charge in [-0.25, -0.2) is 9.78 Å². The zero-order valence-corrected chi connectivity index (χ0v) is 11.5. The van der Waals surface area contributed by atoms with E-state index in [1.54, 1.807) is 32.9 Å². The van der Waals surface area contributed by atoms with E-state index in [1.807, 2.05) is 0 Å². The molecule has 6 heteroatoms. The highest BCUT2D eigenvalue weighted by atomic mass is 79.9. The average Bonchev–Trinajstić information content (AvgIpc) is 2.08. The van der Waals surface area contributed by atoms with Crippen molar-refractivity contribution in [2.75, 3.05) is 5.32 Å². The average molecular weight is 308 g/mol. The number of nitrogens with one attached hydrogen (secondary N) is 1. The van der Waals surface area contributed by atoms with E-state index >= 15 is 0 Å². The molecule has 88 valence electrons. The van der Waals surface area contributed by atoms with E-state index in [9.17, 15) is 4.79 Å². The van der Waals surface area contributed by atoms with Gasteiger partial charge in [0.1, 0.15) is 10.8 Å². The third-order valence-electron chi connectivity index (χ3n) is 1.43. The Morgan fingerprint density at radius 1 is 1.50 bits per heavy atom. The first-order chi connectivity index (χ1) is 7.28. The number of carbonyl (C=O) groups excluding carboxylic acids is 1. The van der Waals surface area contributed by atoms with Crippen LogP contribution >= 0.6 is 27.5 Å². The smallest absolute Gasteiger partial charge is 0.413 e. The molecule has 16 heavy (non-hydrogen) atoms. The van der Waals surface area contributed by atoms with Gasteiger partial charge in [-0.1, -0.05) is 11.6 Å². The molecule has 0 radical (unpaired) electrons. The summed E-state index contributed by atoms with van der Waals surface area (Å²) in [7, 11) is 0. The van der Waals surface area contributed by atoms with Crippen LogP contribution in [0.1, 0.15) is 20.8 Å². The molecule has 0 aliphatic carbocycles. The van der Waals surface area contributed by atoms with Crippen LogP contribution in [0.2, 0.25) is 5.15 Å². The van der Waals surface area contributed by atoms with Gasteiger partial charge in [-0.05, 0) is 48.8 Å². The lowest BCUT2D eigenvalue weighted by atomic mass is 10.2. The van der Waals surface area contributed by atoms with Crippen molar-refractivity contribution in [3.8, 4) is 0 Å². The number of nitrogens with zero attached hydrogens (tertiary/aromatic N) is 1. The molecule has 0 saturated heterocycles. The molecule has 0 fully saturated rings. The molecule has 1 amide bonds. The highest BCUT2D eigenvalue weighted by Crippen LogP contribution is 2.22. The summed E-state index contributed by atoms with van der Waals surface area (Å²) >= 11 is 8.96. The zero-order valence-electron chi connectivity index (χ0n) is 9.17. The number of amides is 1. The molecule has 0 aliphatic heterocycles. The van der Waals surface area contributed by atoms with Crippen LogP contribution < -0.4 is 5.32 Å². The van der Waals surface area contributed by atoms with Crippen molar-refractivity contribution in [2.24, 2.45) is 0 Å². The lowest BCUT2D eigenvalue weighted by molar-refractivity contribution is 0.0635.